The van der Waals surface area contributed by atoms with E-state index >= 15 is 0 Å². The first-order valence-electron chi connectivity index (χ1n) is 13.0. The van der Waals surface area contributed by atoms with E-state index < -0.39 is 5.60 Å². The summed E-state index contributed by atoms with van der Waals surface area (Å²) in [6, 6.07) is 5.75. The lowest BCUT2D eigenvalue weighted by molar-refractivity contribution is 0.0123. The monoisotopic (exact) mass is 505 g/mol. The van der Waals surface area contributed by atoms with Gasteiger partial charge < -0.3 is 24.2 Å². The van der Waals surface area contributed by atoms with Gasteiger partial charge in [-0.2, -0.15) is 5.26 Å². The summed E-state index contributed by atoms with van der Waals surface area (Å²) in [4.78, 5) is 33.4. The predicted molar refractivity (Wildman–Crippen MR) is 139 cm³/mol. The second-order valence-electron chi connectivity index (χ2n) is 11.2. The van der Waals surface area contributed by atoms with Gasteiger partial charge in [-0.25, -0.2) is 19.7 Å². The van der Waals surface area contributed by atoms with Crippen LogP contribution in [0.5, 0.6) is 0 Å². The van der Waals surface area contributed by atoms with Crippen LogP contribution in [0.1, 0.15) is 57.6 Å². The van der Waals surface area contributed by atoms with Crippen molar-refractivity contribution in [2.24, 2.45) is 0 Å². The molecule has 1 amide bonds. The smallest absolute Gasteiger partial charge is 0.410 e. The highest BCUT2D eigenvalue weighted by Gasteiger charge is 2.51. The molecule has 1 unspecified atom stereocenters. The Labute approximate surface area is 218 Å². The molecule has 2 aliphatic heterocycles. The average Bonchev–Trinajstić information content (AvgIpc) is 3.47. The highest BCUT2D eigenvalue weighted by molar-refractivity contribution is 5.75. The van der Waals surface area contributed by atoms with Crippen LogP contribution >= 0.6 is 0 Å². The van der Waals surface area contributed by atoms with Crippen LogP contribution in [0.3, 0.4) is 0 Å². The van der Waals surface area contributed by atoms with Crippen LogP contribution < -0.4 is 9.80 Å². The Kier molecular flexibility index (Phi) is 6.67. The summed E-state index contributed by atoms with van der Waals surface area (Å²) < 4.78 is 11.0. The molecule has 0 radical (unpaired) electrons. The van der Waals surface area contributed by atoms with Crippen molar-refractivity contribution in [2.45, 2.75) is 63.5 Å². The molecular formula is C27H35N7O3. The maximum absolute atomic E-state index is 13.1. The lowest BCUT2D eigenvalue weighted by Gasteiger charge is -2.40. The third-order valence-corrected chi connectivity index (χ3v) is 7.58. The molecule has 2 aromatic heterocycles. The third-order valence-electron chi connectivity index (χ3n) is 7.58. The van der Waals surface area contributed by atoms with Crippen LogP contribution in [0.2, 0.25) is 0 Å². The first-order valence-corrected chi connectivity index (χ1v) is 13.0. The van der Waals surface area contributed by atoms with Crippen LogP contribution in [0.25, 0.3) is 0 Å². The molecule has 0 bridgehead atoms. The minimum atomic E-state index is -0.564. The van der Waals surface area contributed by atoms with Crippen LogP contribution in [0, 0.1) is 11.3 Å². The predicted octanol–water partition coefficient (Wildman–Crippen LogP) is 3.78. The zero-order valence-corrected chi connectivity index (χ0v) is 22.1. The number of nitrogens with zero attached hydrogens (tertiary/aromatic N) is 7. The fraction of sp³-hybridized carbons (Fsp3) is 0.593. The summed E-state index contributed by atoms with van der Waals surface area (Å²) in [5, 5.41) is 9.40. The van der Waals surface area contributed by atoms with Gasteiger partial charge in [-0.3, -0.25) is 0 Å². The summed E-state index contributed by atoms with van der Waals surface area (Å²) in [5.41, 5.74) is 1.17. The first kappa shape index (κ1) is 25.2. The van der Waals surface area contributed by atoms with Crippen LogP contribution in [0.15, 0.2) is 24.7 Å². The number of nitriles is 1. The third kappa shape index (κ3) is 4.80. The molecule has 1 spiro atoms. The number of methoxy groups -OCH3 is 1. The van der Waals surface area contributed by atoms with Gasteiger partial charge in [0.15, 0.2) is 0 Å². The molecule has 196 valence electrons. The van der Waals surface area contributed by atoms with Crippen molar-refractivity contribution in [3.8, 4) is 6.07 Å². The Hall–Kier alpha value is -3.45. The number of aromatic nitrogens is 3. The summed E-state index contributed by atoms with van der Waals surface area (Å²) >= 11 is 0. The zero-order valence-electron chi connectivity index (χ0n) is 22.1. The molecule has 0 N–H and O–H groups in total. The fourth-order valence-electron chi connectivity index (χ4n) is 5.70. The second-order valence-corrected chi connectivity index (χ2v) is 11.2. The van der Waals surface area contributed by atoms with E-state index in [4.69, 9.17) is 19.4 Å². The average molecular weight is 506 g/mol. The Morgan fingerprint density at radius 3 is 2.73 bits per heavy atom. The van der Waals surface area contributed by atoms with Gasteiger partial charge in [0, 0.05) is 50.5 Å². The molecule has 2 aromatic rings. The van der Waals surface area contributed by atoms with Gasteiger partial charge >= 0.3 is 6.09 Å². The molecular weight excluding hydrogens is 470 g/mol. The fourth-order valence-corrected chi connectivity index (χ4v) is 5.70. The van der Waals surface area contributed by atoms with E-state index in [1.54, 1.807) is 30.6 Å². The SMILES string of the molecule is COCCN(C(=O)OC(C)(C)C)C1CCN(c2ncnc3c2C2(CCC2)CN3c2cc(C#N)ccn2)C1. The summed E-state index contributed by atoms with van der Waals surface area (Å²) in [6.45, 7) is 8.82. The number of pyridine rings is 1. The standard InChI is InChI=1S/C27H35N7O3/c1-26(2,3)37-25(35)33(12-13-36-4)20-7-11-32(16-20)23-22-24(31-18-30-23)34(17-27(22)8-5-9-27)21-14-19(15-28)6-10-29-21/h6,10,14,18,20H,5,7-9,11-13,16-17H2,1-4H3. The number of rotatable bonds is 6. The number of carbonyl (C=O) groups is 1. The minimum absolute atomic E-state index is 0.000520. The normalized spacial score (nSPS) is 19.9. The Balaban J connectivity index is 1.44. The Morgan fingerprint density at radius 2 is 2.05 bits per heavy atom. The van der Waals surface area contributed by atoms with Gasteiger partial charge in [0.25, 0.3) is 0 Å². The molecule has 4 heterocycles. The topological polar surface area (TPSA) is 108 Å². The largest absolute Gasteiger partial charge is 0.444 e. The summed E-state index contributed by atoms with van der Waals surface area (Å²) in [6.07, 6.45) is 7.13. The molecule has 5 rings (SSSR count). The summed E-state index contributed by atoms with van der Waals surface area (Å²) in [7, 11) is 1.64. The molecule has 10 heteroatoms. The van der Waals surface area contributed by atoms with Gasteiger partial charge in [-0.15, -0.1) is 0 Å². The van der Waals surface area contributed by atoms with Crippen molar-refractivity contribution in [2.75, 3.05) is 49.7 Å². The molecule has 3 aliphatic rings. The molecule has 37 heavy (non-hydrogen) atoms. The molecule has 1 saturated heterocycles. The molecule has 1 aliphatic carbocycles. The van der Waals surface area contributed by atoms with E-state index in [0.717, 1.165) is 49.8 Å². The van der Waals surface area contributed by atoms with E-state index in [0.29, 0.717) is 25.3 Å². The van der Waals surface area contributed by atoms with Gasteiger partial charge in [0.1, 0.15) is 29.4 Å². The highest BCUT2D eigenvalue weighted by atomic mass is 16.6. The van der Waals surface area contributed by atoms with E-state index in [9.17, 15) is 10.1 Å². The number of ether oxygens (including phenoxy) is 2. The van der Waals surface area contributed by atoms with Gasteiger partial charge in [0.05, 0.1) is 24.3 Å². The van der Waals surface area contributed by atoms with E-state index in [1.165, 1.54) is 12.0 Å². The van der Waals surface area contributed by atoms with E-state index in [2.05, 4.69) is 20.9 Å². The van der Waals surface area contributed by atoms with Crippen molar-refractivity contribution < 1.29 is 14.3 Å². The Morgan fingerprint density at radius 1 is 1.27 bits per heavy atom. The number of fused-ring (bicyclic) bond motifs is 2. The zero-order chi connectivity index (χ0) is 26.2. The quantitative estimate of drug-likeness (QED) is 0.579. The number of hydrogen-bond donors (Lipinski definition) is 0. The van der Waals surface area contributed by atoms with E-state index in [-0.39, 0.29) is 17.6 Å². The highest BCUT2D eigenvalue weighted by Crippen LogP contribution is 2.56. The van der Waals surface area contributed by atoms with Crippen molar-refractivity contribution in [3.05, 3.63) is 35.8 Å². The van der Waals surface area contributed by atoms with Crippen LogP contribution in [0.4, 0.5) is 22.2 Å². The molecule has 1 atom stereocenters. The number of amides is 1. The van der Waals surface area contributed by atoms with Crippen LogP contribution in [-0.2, 0) is 14.9 Å². The van der Waals surface area contributed by atoms with Crippen molar-refractivity contribution >= 4 is 23.5 Å². The maximum Gasteiger partial charge on any atom is 0.410 e. The van der Waals surface area contributed by atoms with Gasteiger partial charge in [-0.1, -0.05) is 6.42 Å². The maximum atomic E-state index is 13.1. The van der Waals surface area contributed by atoms with Gasteiger partial charge in [-0.05, 0) is 52.2 Å². The molecule has 1 saturated carbocycles. The molecule has 0 aromatic carbocycles. The van der Waals surface area contributed by atoms with Crippen molar-refractivity contribution in [1.82, 2.24) is 19.9 Å². The lowest BCUT2D eigenvalue weighted by atomic mass is 9.66. The van der Waals surface area contributed by atoms with Crippen molar-refractivity contribution in [1.29, 1.82) is 5.26 Å². The molecule has 10 nitrogen and oxygen atoms in total. The Bertz CT molecular complexity index is 1200. The first-order chi connectivity index (χ1) is 17.7. The summed E-state index contributed by atoms with van der Waals surface area (Å²) in [5.74, 6) is 2.56. The van der Waals surface area contributed by atoms with Crippen LogP contribution in [-0.4, -0.2) is 77.5 Å². The molecule has 2 fully saturated rings. The second kappa shape index (κ2) is 9.78. The number of carbonyl (C=O) groups excluding carboxylic acids is 1. The minimum Gasteiger partial charge on any atom is -0.444 e. The number of hydrogen-bond acceptors (Lipinski definition) is 9. The van der Waals surface area contributed by atoms with Gasteiger partial charge in [0.2, 0.25) is 0 Å². The van der Waals surface area contributed by atoms with E-state index in [1.807, 2.05) is 26.8 Å². The lowest BCUT2D eigenvalue weighted by Crippen LogP contribution is -2.46. The van der Waals surface area contributed by atoms with Crippen molar-refractivity contribution in [3.63, 3.8) is 0 Å². The number of anilines is 3.